The Bertz CT molecular complexity index is 880. The van der Waals surface area contributed by atoms with Crippen molar-refractivity contribution in [3.05, 3.63) is 62.9 Å². The molecule has 3 rings (SSSR count). The predicted molar refractivity (Wildman–Crippen MR) is 118 cm³/mol. The van der Waals surface area contributed by atoms with E-state index in [1.807, 2.05) is 6.92 Å². The molecule has 4 heteroatoms. The lowest BCUT2D eigenvalue weighted by atomic mass is 9.83. The molecule has 0 fully saturated rings. The number of carboxylic acids is 1. The molecule has 0 saturated heterocycles. The van der Waals surface area contributed by atoms with Crippen molar-refractivity contribution in [1.29, 1.82) is 0 Å². The van der Waals surface area contributed by atoms with Crippen molar-refractivity contribution in [1.82, 2.24) is 4.90 Å². The number of rotatable bonds is 7. The Labute approximate surface area is 172 Å². The highest BCUT2D eigenvalue weighted by molar-refractivity contribution is 7.12. The summed E-state index contributed by atoms with van der Waals surface area (Å²) in [6.07, 6.45) is 6.83. The molecule has 0 aliphatic heterocycles. The van der Waals surface area contributed by atoms with E-state index in [1.54, 1.807) is 11.3 Å². The second-order valence-corrected chi connectivity index (χ2v) is 9.34. The highest BCUT2D eigenvalue weighted by Gasteiger charge is 2.37. The Hall–Kier alpha value is -1.91. The molecule has 2 aromatic rings. The van der Waals surface area contributed by atoms with E-state index in [9.17, 15) is 9.90 Å². The summed E-state index contributed by atoms with van der Waals surface area (Å²) in [4.78, 5) is 16.6. The molecular formula is C24H31NO2S. The normalized spacial score (nSPS) is 17.1. The molecule has 0 saturated carbocycles. The van der Waals surface area contributed by atoms with Crippen molar-refractivity contribution >= 4 is 22.9 Å². The number of aryl methyl sites for hydroxylation is 2. The maximum atomic E-state index is 12.1. The lowest BCUT2D eigenvalue weighted by molar-refractivity contribution is -0.143. The average Bonchev–Trinajstić information content (AvgIpc) is 3.02. The van der Waals surface area contributed by atoms with Gasteiger partial charge in [-0.15, -0.1) is 11.3 Å². The molecule has 0 spiro atoms. The maximum Gasteiger partial charge on any atom is 0.314 e. The van der Waals surface area contributed by atoms with Crippen LogP contribution in [0.15, 0.2) is 36.4 Å². The fraction of sp³-hybridized carbons (Fsp3) is 0.458. The molecule has 1 unspecified atom stereocenters. The van der Waals surface area contributed by atoms with E-state index < -0.39 is 11.4 Å². The molecule has 1 heterocycles. The Morgan fingerprint density at radius 1 is 1.25 bits per heavy atom. The Balaban J connectivity index is 2.10. The molecule has 0 bridgehead atoms. The van der Waals surface area contributed by atoms with Gasteiger partial charge in [-0.3, -0.25) is 4.79 Å². The quantitative estimate of drug-likeness (QED) is 0.682. The van der Waals surface area contributed by atoms with Crippen molar-refractivity contribution in [2.75, 3.05) is 20.6 Å². The second kappa shape index (κ2) is 8.62. The van der Waals surface area contributed by atoms with Gasteiger partial charge in [-0.2, -0.15) is 0 Å². The van der Waals surface area contributed by atoms with Crippen LogP contribution in [0, 0.1) is 0 Å². The van der Waals surface area contributed by atoms with Crippen molar-refractivity contribution in [2.45, 2.75) is 51.4 Å². The predicted octanol–water partition coefficient (Wildman–Crippen LogP) is 5.37. The summed E-state index contributed by atoms with van der Waals surface area (Å²) in [6.45, 7) is 4.94. The number of thiophene rings is 1. The van der Waals surface area contributed by atoms with Crippen LogP contribution in [0.25, 0.3) is 5.57 Å². The summed E-state index contributed by atoms with van der Waals surface area (Å²) in [7, 11) is 4.19. The molecule has 1 aromatic heterocycles. The monoisotopic (exact) mass is 397 g/mol. The van der Waals surface area contributed by atoms with Gasteiger partial charge in [-0.05, 0) is 75.0 Å². The number of hydrogen-bond acceptors (Lipinski definition) is 3. The number of fused-ring (bicyclic) bond motifs is 2. The highest BCUT2D eigenvalue weighted by atomic mass is 32.1. The van der Waals surface area contributed by atoms with Gasteiger partial charge in [0.2, 0.25) is 0 Å². The number of aliphatic carboxylic acids is 1. The molecule has 1 N–H and O–H groups in total. The molecule has 0 amide bonds. The first-order chi connectivity index (χ1) is 13.4. The third-order valence-electron chi connectivity index (χ3n) is 5.72. The SMILES string of the molecule is CCCC(C)(C(=O)O)c1cc2c(s1)CCc1ccccc1/C2=C/CCN(C)C. The molecule has 150 valence electrons. The molecule has 1 atom stereocenters. The molecular weight excluding hydrogens is 366 g/mol. The first-order valence-corrected chi connectivity index (χ1v) is 11.0. The maximum absolute atomic E-state index is 12.1. The van der Waals surface area contributed by atoms with Gasteiger partial charge >= 0.3 is 5.97 Å². The summed E-state index contributed by atoms with van der Waals surface area (Å²) in [5, 5.41) is 9.95. The third-order valence-corrected chi connectivity index (χ3v) is 7.18. The summed E-state index contributed by atoms with van der Waals surface area (Å²) in [5.74, 6) is -0.718. The largest absolute Gasteiger partial charge is 0.481 e. The van der Waals surface area contributed by atoms with Gasteiger partial charge in [0.25, 0.3) is 0 Å². The highest BCUT2D eigenvalue weighted by Crippen LogP contribution is 2.43. The van der Waals surface area contributed by atoms with E-state index in [-0.39, 0.29) is 0 Å². The molecule has 1 aliphatic rings. The second-order valence-electron chi connectivity index (χ2n) is 8.20. The van der Waals surface area contributed by atoms with Crippen LogP contribution in [0.4, 0.5) is 0 Å². The Morgan fingerprint density at radius 3 is 2.68 bits per heavy atom. The van der Waals surface area contributed by atoms with Crippen LogP contribution in [0.1, 0.15) is 59.6 Å². The zero-order chi connectivity index (χ0) is 20.3. The van der Waals surface area contributed by atoms with Crippen molar-refractivity contribution in [3.63, 3.8) is 0 Å². The number of hydrogen-bond donors (Lipinski definition) is 1. The molecule has 0 radical (unpaired) electrons. The minimum Gasteiger partial charge on any atom is -0.481 e. The standard InChI is InChI=1S/C24H31NO2S/c1-5-14-24(2,23(26)27)22-16-20-19(11-8-15-25(3)4)18-10-7-6-9-17(18)12-13-21(20)28-22/h6-7,9-11,16H,5,8,12-15H2,1-4H3,(H,26,27)/b19-11-. The minimum atomic E-state index is -0.806. The lowest BCUT2D eigenvalue weighted by Gasteiger charge is -2.22. The first-order valence-electron chi connectivity index (χ1n) is 10.2. The van der Waals surface area contributed by atoms with Crippen LogP contribution in [0.2, 0.25) is 0 Å². The van der Waals surface area contributed by atoms with Crippen molar-refractivity contribution in [2.24, 2.45) is 0 Å². The van der Waals surface area contributed by atoms with E-state index in [0.717, 1.165) is 37.1 Å². The first kappa shape index (κ1) is 20.8. The number of benzene rings is 1. The summed E-state index contributed by atoms with van der Waals surface area (Å²) < 4.78 is 0. The fourth-order valence-electron chi connectivity index (χ4n) is 4.03. The smallest absolute Gasteiger partial charge is 0.314 e. The van der Waals surface area contributed by atoms with E-state index in [1.165, 1.54) is 27.1 Å². The Kier molecular flexibility index (Phi) is 6.41. The molecule has 1 aliphatic carbocycles. The van der Waals surface area contributed by atoms with Gasteiger partial charge in [0, 0.05) is 16.3 Å². The van der Waals surface area contributed by atoms with E-state index in [2.05, 4.69) is 62.3 Å². The van der Waals surface area contributed by atoms with Crippen LogP contribution in [0.5, 0.6) is 0 Å². The van der Waals surface area contributed by atoms with Crippen molar-refractivity contribution < 1.29 is 9.90 Å². The van der Waals surface area contributed by atoms with Crippen LogP contribution in [-0.2, 0) is 23.1 Å². The van der Waals surface area contributed by atoms with Gasteiger partial charge in [0.15, 0.2) is 0 Å². The fourth-order valence-corrected chi connectivity index (χ4v) is 5.37. The molecule has 1 aromatic carbocycles. The van der Waals surface area contributed by atoms with Crippen LogP contribution < -0.4 is 0 Å². The third kappa shape index (κ3) is 4.08. The molecule has 28 heavy (non-hydrogen) atoms. The van der Waals surface area contributed by atoms with Gasteiger partial charge in [-0.25, -0.2) is 0 Å². The minimum absolute atomic E-state index is 0.665. The van der Waals surface area contributed by atoms with Crippen LogP contribution >= 0.6 is 11.3 Å². The van der Waals surface area contributed by atoms with Crippen LogP contribution in [0.3, 0.4) is 0 Å². The van der Waals surface area contributed by atoms with Gasteiger partial charge < -0.3 is 10.0 Å². The van der Waals surface area contributed by atoms with E-state index >= 15 is 0 Å². The van der Waals surface area contributed by atoms with Crippen LogP contribution in [-0.4, -0.2) is 36.6 Å². The zero-order valence-electron chi connectivity index (χ0n) is 17.4. The van der Waals surface area contributed by atoms with Gasteiger partial charge in [-0.1, -0.05) is 43.7 Å². The van der Waals surface area contributed by atoms with E-state index in [0.29, 0.717) is 6.42 Å². The average molecular weight is 398 g/mol. The summed E-state index contributed by atoms with van der Waals surface area (Å²) >= 11 is 1.71. The van der Waals surface area contributed by atoms with Crippen molar-refractivity contribution in [3.8, 4) is 0 Å². The number of carboxylic acid groups (broad SMARTS) is 1. The zero-order valence-corrected chi connectivity index (χ0v) is 18.2. The summed E-state index contributed by atoms with van der Waals surface area (Å²) in [6, 6.07) is 10.8. The Morgan fingerprint density at radius 2 is 2.00 bits per heavy atom. The lowest BCUT2D eigenvalue weighted by Crippen LogP contribution is -2.31. The number of nitrogens with zero attached hydrogens (tertiary/aromatic N) is 1. The van der Waals surface area contributed by atoms with Gasteiger partial charge in [0.1, 0.15) is 0 Å². The number of carbonyl (C=O) groups is 1. The van der Waals surface area contributed by atoms with E-state index in [4.69, 9.17) is 0 Å². The summed E-state index contributed by atoms with van der Waals surface area (Å²) in [5.41, 5.74) is 4.40. The molecule has 3 nitrogen and oxygen atoms in total. The van der Waals surface area contributed by atoms with Gasteiger partial charge in [0.05, 0.1) is 5.41 Å². The topological polar surface area (TPSA) is 40.5 Å².